The second kappa shape index (κ2) is 25.9. The summed E-state index contributed by atoms with van der Waals surface area (Å²) >= 11 is 0. The lowest BCUT2D eigenvalue weighted by Gasteiger charge is -2.64. The Morgan fingerprint density at radius 1 is 0.773 bits per heavy atom. The van der Waals surface area contributed by atoms with E-state index < -0.39 is 86.7 Å². The summed E-state index contributed by atoms with van der Waals surface area (Å²) in [7, 11) is -3.86. The second-order valence-corrected chi connectivity index (χ2v) is 21.0. The third-order valence-corrected chi connectivity index (χ3v) is 14.7. The average molecular weight is 1060 g/mol. The number of carbonyl (C=O) groups excluding carboxylic acids is 4. The highest BCUT2D eigenvalue weighted by molar-refractivity contribution is 6.48. The first-order valence-corrected chi connectivity index (χ1v) is 25.2. The Morgan fingerprint density at radius 2 is 1.24 bits per heavy atom. The average Bonchev–Trinajstić information content (AvgIpc) is 3.70. The van der Waals surface area contributed by atoms with E-state index in [1.165, 1.54) is 41.3 Å². The molecule has 6 N–H and O–H groups in total. The lowest BCUT2D eigenvalue weighted by atomic mass is 9.43. The summed E-state index contributed by atoms with van der Waals surface area (Å²) in [5.41, 5.74) is -0.968. The van der Waals surface area contributed by atoms with E-state index in [4.69, 9.17) is 28.8 Å². The molecule has 4 amide bonds. The van der Waals surface area contributed by atoms with Crippen molar-refractivity contribution in [3.8, 4) is 0 Å². The van der Waals surface area contributed by atoms with Crippen molar-refractivity contribution in [1.29, 1.82) is 0 Å². The summed E-state index contributed by atoms with van der Waals surface area (Å²) in [6.45, 7) is 19.0. The predicted molar refractivity (Wildman–Crippen MR) is 267 cm³/mol. The van der Waals surface area contributed by atoms with E-state index in [2.05, 4.69) is 44.6 Å². The van der Waals surface area contributed by atoms with Gasteiger partial charge in [0.2, 0.25) is 11.8 Å². The van der Waals surface area contributed by atoms with E-state index in [9.17, 15) is 55.6 Å². The number of amides is 4. The van der Waals surface area contributed by atoms with E-state index in [0.29, 0.717) is 74.0 Å². The normalized spacial score (nSPS) is 24.5. The largest absolute Gasteiger partial charge is 0.482 e. The quantitative estimate of drug-likeness (QED) is 0.0686. The Labute approximate surface area is 435 Å². The fourth-order valence-electron chi connectivity index (χ4n) is 10.5. The number of carbonyl (C=O) groups is 4. The van der Waals surface area contributed by atoms with Gasteiger partial charge in [0.1, 0.15) is 12.2 Å². The molecule has 8 atom stereocenters. The molecule has 75 heavy (non-hydrogen) atoms. The molecular formula is C50H69B3F6N4O12. The molecule has 16 nitrogen and oxygen atoms in total. The number of nitrogens with one attached hydrogen (secondary N) is 2. The molecule has 3 aliphatic heterocycles. The number of alkyl carbamates (subject to hydrolysis) is 2. The molecule has 2 aromatic rings. The first-order valence-electron chi connectivity index (χ1n) is 25.2. The van der Waals surface area contributed by atoms with Crippen LogP contribution in [0.3, 0.4) is 0 Å². The Hall–Kier alpha value is -5.07. The molecule has 8 rings (SSSR count). The standard InChI is InChI=1S/C28H36BF3N2O5.C18H22BF3N2O5.C4H11BO2/c1-5-24(35)34-12-6-7-20(16-34)37-25(36)33-23(13-17-8-10-18(11-9-17)28(30,31)32)29-38-22-15-19-14-21(26(19,2)3)27(22,4)39-29;1-2-16(25)24-9-3-4-14(11-24)29-17(26)23-15(19(27)28)10-12-5-7-13(8-6-12)18(20,21)22;1-4(2)3-5(6)7/h5,8-11,19-23H,1,6-7,12-16H2,2-4H3,(H,33,36);2,5-8,14-15,27-28H,1,3-4,9-11H2,(H,23,26);4,6-7H,3H2,1-2H3/t19-,20-,21-,22+,23-,27-;14-,15-;/m00./s1. The van der Waals surface area contributed by atoms with Crippen LogP contribution in [0.5, 0.6) is 0 Å². The number of hydrogen-bond donors (Lipinski definition) is 6. The molecule has 0 unspecified atom stereocenters. The number of rotatable bonds is 14. The third kappa shape index (κ3) is 16.7. The zero-order valence-electron chi connectivity index (χ0n) is 42.9. The zero-order chi connectivity index (χ0) is 55.6. The van der Waals surface area contributed by atoms with Crippen molar-refractivity contribution < 1.29 is 84.4 Å². The highest BCUT2D eigenvalue weighted by Crippen LogP contribution is 2.65. The lowest BCUT2D eigenvalue weighted by Crippen LogP contribution is -2.65. The molecule has 25 heteroatoms. The maximum atomic E-state index is 13.1. The molecule has 2 bridgehead atoms. The minimum absolute atomic E-state index is 0.114. The molecule has 3 aliphatic carbocycles. The third-order valence-electron chi connectivity index (χ3n) is 14.7. The second-order valence-electron chi connectivity index (χ2n) is 21.0. The van der Waals surface area contributed by atoms with Crippen LogP contribution in [0, 0.1) is 23.2 Å². The lowest BCUT2D eigenvalue weighted by molar-refractivity contribution is -0.199. The number of piperidine rings is 2. The van der Waals surface area contributed by atoms with Crippen LogP contribution in [0.2, 0.25) is 6.32 Å². The SMILES string of the molecule is C=CC(=O)N1CCC[C@H](OC(=O)N[C@@H](Cc2ccc(C(F)(F)F)cc2)B(O)O)C1.C=CC(=O)N1CCC[C@H](OC(=O)N[C@@H](Cc2ccc(C(F)(F)F)cc2)B2O[C@@H]3C[C@@H]4C[C@@H](C4(C)C)[C@]3(C)O2)C1.CC(C)CB(O)O. The van der Waals surface area contributed by atoms with E-state index in [1.54, 1.807) is 4.90 Å². The number of likely N-dealkylation sites (tertiary alicyclic amines) is 2. The summed E-state index contributed by atoms with van der Waals surface area (Å²) in [4.78, 5) is 51.9. The van der Waals surface area contributed by atoms with Gasteiger partial charge in [-0.05, 0) is 135 Å². The van der Waals surface area contributed by atoms with Crippen molar-refractivity contribution in [2.45, 2.75) is 140 Å². The Bertz CT molecular complexity index is 2260. The van der Waals surface area contributed by atoms with Gasteiger partial charge in [-0.15, -0.1) is 0 Å². The van der Waals surface area contributed by atoms with Crippen molar-refractivity contribution in [2.24, 2.45) is 23.2 Å². The van der Waals surface area contributed by atoms with Gasteiger partial charge in [0, 0.05) is 13.1 Å². The molecular weight excluding hydrogens is 995 g/mol. The molecule has 412 valence electrons. The first kappa shape index (κ1) is 60.8. The van der Waals surface area contributed by atoms with E-state index in [1.807, 2.05) is 13.8 Å². The van der Waals surface area contributed by atoms with Gasteiger partial charge in [-0.25, -0.2) is 9.59 Å². The minimum atomic E-state index is -4.47. The van der Waals surface area contributed by atoms with Gasteiger partial charge in [-0.2, -0.15) is 26.3 Å². The maximum absolute atomic E-state index is 13.1. The molecule has 0 spiro atoms. The fourth-order valence-corrected chi connectivity index (χ4v) is 10.5. The van der Waals surface area contributed by atoms with Gasteiger partial charge >= 0.3 is 45.9 Å². The van der Waals surface area contributed by atoms with E-state index in [0.717, 1.165) is 37.1 Å². The van der Waals surface area contributed by atoms with Crippen molar-refractivity contribution in [3.05, 3.63) is 96.1 Å². The molecule has 0 aromatic heterocycles. The molecule has 6 aliphatic rings. The number of hydrogen-bond acceptors (Lipinski definition) is 12. The summed E-state index contributed by atoms with van der Waals surface area (Å²) in [6, 6.07) is 9.04. The van der Waals surface area contributed by atoms with Crippen molar-refractivity contribution in [1.82, 2.24) is 20.4 Å². The predicted octanol–water partition coefficient (Wildman–Crippen LogP) is 6.43. The monoisotopic (exact) mass is 1060 g/mol. The number of ether oxygens (including phenoxy) is 2. The minimum Gasteiger partial charge on any atom is -0.444 e. The summed E-state index contributed by atoms with van der Waals surface area (Å²) in [5.74, 6) is -1.13. The van der Waals surface area contributed by atoms with Crippen LogP contribution in [-0.4, -0.2) is 137 Å². The van der Waals surface area contributed by atoms with Crippen molar-refractivity contribution in [3.63, 3.8) is 0 Å². The van der Waals surface area contributed by atoms with Gasteiger partial charge in [0.15, 0.2) is 0 Å². The highest BCUT2D eigenvalue weighted by atomic mass is 19.4. The van der Waals surface area contributed by atoms with Crippen molar-refractivity contribution >= 4 is 45.4 Å². The Balaban J connectivity index is 0.000000255. The van der Waals surface area contributed by atoms with E-state index in [-0.39, 0.29) is 49.3 Å². The van der Waals surface area contributed by atoms with Gasteiger partial charge < -0.3 is 59.3 Å². The van der Waals surface area contributed by atoms with Crippen molar-refractivity contribution in [2.75, 3.05) is 26.2 Å². The molecule has 3 saturated carbocycles. The van der Waals surface area contributed by atoms with Gasteiger partial charge in [0.05, 0.1) is 47.8 Å². The zero-order valence-corrected chi connectivity index (χ0v) is 42.9. The Morgan fingerprint density at radius 3 is 1.64 bits per heavy atom. The van der Waals surface area contributed by atoms with E-state index >= 15 is 0 Å². The van der Waals surface area contributed by atoms with Crippen LogP contribution in [0.1, 0.15) is 95.4 Å². The van der Waals surface area contributed by atoms with Gasteiger partial charge in [0.25, 0.3) is 0 Å². The molecule has 6 fully saturated rings. The number of alkyl halides is 6. The number of nitrogens with zero attached hydrogens (tertiary/aromatic N) is 2. The fraction of sp³-hybridized carbons (Fsp3) is 0.600. The first-order chi connectivity index (χ1) is 35.0. The molecule has 3 saturated heterocycles. The maximum Gasteiger partial charge on any atom is 0.482 e. The number of benzene rings is 2. The highest BCUT2D eigenvalue weighted by Gasteiger charge is 2.68. The Kier molecular flexibility index (Phi) is 21.0. The summed E-state index contributed by atoms with van der Waals surface area (Å²) in [6.07, 6.45) is -4.27. The molecule has 0 radical (unpaired) electrons. The molecule has 3 heterocycles. The molecule has 2 aromatic carbocycles. The smallest absolute Gasteiger partial charge is 0.444 e. The van der Waals surface area contributed by atoms with Crippen LogP contribution >= 0.6 is 0 Å². The van der Waals surface area contributed by atoms with Crippen LogP contribution in [-0.2, 0) is 53.6 Å². The van der Waals surface area contributed by atoms with Crippen LogP contribution in [0.15, 0.2) is 73.8 Å². The van der Waals surface area contributed by atoms with Crippen LogP contribution < -0.4 is 10.6 Å². The van der Waals surface area contributed by atoms with Crippen LogP contribution in [0.4, 0.5) is 35.9 Å². The summed E-state index contributed by atoms with van der Waals surface area (Å²) in [5, 5.41) is 40.7. The van der Waals surface area contributed by atoms with Gasteiger partial charge in [-0.1, -0.05) is 65.1 Å². The van der Waals surface area contributed by atoms with Gasteiger partial charge in [-0.3, -0.25) is 9.59 Å². The summed E-state index contributed by atoms with van der Waals surface area (Å²) < 4.78 is 101. The topological polar surface area (TPSA) is 217 Å². The number of halogens is 6. The van der Waals surface area contributed by atoms with Crippen LogP contribution in [0.25, 0.3) is 0 Å².